The summed E-state index contributed by atoms with van der Waals surface area (Å²) in [4.78, 5) is 4.71. The maximum atomic E-state index is 5.47. The Kier molecular flexibility index (Phi) is 16.1. The molecule has 0 bridgehead atoms. The van der Waals surface area contributed by atoms with Crippen LogP contribution in [0.5, 0.6) is 0 Å². The number of methoxy groups -OCH3 is 1. The van der Waals surface area contributed by atoms with Crippen LogP contribution in [-0.2, 0) is 9.47 Å². The van der Waals surface area contributed by atoms with Gasteiger partial charge in [-0.15, -0.1) is 24.0 Å². The molecule has 0 heterocycles. The molecule has 0 atom stereocenters. The zero-order valence-electron chi connectivity index (χ0n) is 16.7. The third kappa shape index (κ3) is 12.0. The van der Waals surface area contributed by atoms with Gasteiger partial charge in [0, 0.05) is 32.8 Å². The lowest BCUT2D eigenvalue weighted by molar-refractivity contribution is 0.0690. The molecular formula is C19H40IN3O2. The highest BCUT2D eigenvalue weighted by Crippen LogP contribution is 2.29. The Labute approximate surface area is 172 Å². The second-order valence-corrected chi connectivity index (χ2v) is 7.07. The molecule has 1 saturated carbocycles. The first kappa shape index (κ1) is 24.9. The SMILES string of the molecule is CCNC(=NCCCCOCCOC)NC1CCC(C(C)C)CC1.I. The van der Waals surface area contributed by atoms with Gasteiger partial charge in [-0.2, -0.15) is 0 Å². The molecule has 2 N–H and O–H groups in total. The van der Waals surface area contributed by atoms with Gasteiger partial charge >= 0.3 is 0 Å². The average Bonchev–Trinajstić information content (AvgIpc) is 2.58. The van der Waals surface area contributed by atoms with Crippen LogP contribution in [0.4, 0.5) is 0 Å². The standard InChI is InChI=1S/C19H39N3O2.HI/c1-5-20-19(21-12-6-7-13-24-15-14-23-4)22-18-10-8-17(9-11-18)16(2)3;/h16-18H,5-15H2,1-4H3,(H2,20,21,22);1H. The molecule has 0 saturated heterocycles. The molecule has 150 valence electrons. The monoisotopic (exact) mass is 469 g/mol. The fourth-order valence-corrected chi connectivity index (χ4v) is 3.19. The molecule has 0 aliphatic heterocycles. The molecule has 1 fully saturated rings. The lowest BCUT2D eigenvalue weighted by Gasteiger charge is -2.32. The van der Waals surface area contributed by atoms with Crippen LogP contribution in [0, 0.1) is 11.8 Å². The van der Waals surface area contributed by atoms with Crippen LogP contribution in [0.15, 0.2) is 4.99 Å². The van der Waals surface area contributed by atoms with Crippen LogP contribution in [0.3, 0.4) is 0 Å². The fourth-order valence-electron chi connectivity index (χ4n) is 3.19. The van der Waals surface area contributed by atoms with Gasteiger partial charge < -0.3 is 20.1 Å². The van der Waals surface area contributed by atoms with E-state index < -0.39 is 0 Å². The number of hydrogen-bond acceptors (Lipinski definition) is 3. The highest BCUT2D eigenvalue weighted by atomic mass is 127. The molecule has 25 heavy (non-hydrogen) atoms. The number of aliphatic imine (C=N–C) groups is 1. The van der Waals surface area contributed by atoms with Gasteiger partial charge in [-0.25, -0.2) is 0 Å². The molecule has 0 aromatic carbocycles. The van der Waals surface area contributed by atoms with Crippen molar-refractivity contribution in [3.63, 3.8) is 0 Å². The van der Waals surface area contributed by atoms with Crippen LogP contribution in [-0.4, -0.2) is 52.0 Å². The third-order valence-electron chi connectivity index (χ3n) is 4.80. The highest BCUT2D eigenvalue weighted by Gasteiger charge is 2.23. The third-order valence-corrected chi connectivity index (χ3v) is 4.80. The summed E-state index contributed by atoms with van der Waals surface area (Å²) in [6, 6.07) is 0.579. The number of halogens is 1. The smallest absolute Gasteiger partial charge is 0.191 e. The Bertz CT molecular complexity index is 333. The number of rotatable bonds is 11. The van der Waals surface area contributed by atoms with Gasteiger partial charge in [0.2, 0.25) is 0 Å². The minimum Gasteiger partial charge on any atom is -0.382 e. The Morgan fingerprint density at radius 3 is 2.40 bits per heavy atom. The number of ether oxygens (including phenoxy) is 2. The summed E-state index contributed by atoms with van der Waals surface area (Å²) in [5.74, 6) is 2.70. The highest BCUT2D eigenvalue weighted by molar-refractivity contribution is 14.0. The number of unbranched alkanes of at least 4 members (excludes halogenated alkanes) is 1. The Morgan fingerprint density at radius 1 is 1.08 bits per heavy atom. The van der Waals surface area contributed by atoms with Crippen LogP contribution >= 0.6 is 24.0 Å². The van der Waals surface area contributed by atoms with E-state index in [-0.39, 0.29) is 24.0 Å². The van der Waals surface area contributed by atoms with Crippen LogP contribution in [0.1, 0.15) is 59.3 Å². The Balaban J connectivity index is 0.00000576. The van der Waals surface area contributed by atoms with Crippen molar-refractivity contribution in [1.82, 2.24) is 10.6 Å². The molecule has 0 aromatic rings. The second-order valence-electron chi connectivity index (χ2n) is 7.07. The van der Waals surface area contributed by atoms with E-state index in [1.165, 1.54) is 25.7 Å². The Hall–Kier alpha value is -0.0800. The van der Waals surface area contributed by atoms with Crippen molar-refractivity contribution in [2.45, 2.75) is 65.3 Å². The number of nitrogens with one attached hydrogen (secondary N) is 2. The normalized spacial score (nSPS) is 21.1. The van der Waals surface area contributed by atoms with Crippen molar-refractivity contribution in [3.05, 3.63) is 0 Å². The summed E-state index contributed by atoms with van der Waals surface area (Å²) in [6.07, 6.45) is 7.32. The maximum absolute atomic E-state index is 5.47. The van der Waals surface area contributed by atoms with Crippen molar-refractivity contribution < 1.29 is 9.47 Å². The van der Waals surface area contributed by atoms with Gasteiger partial charge in [0.05, 0.1) is 13.2 Å². The van der Waals surface area contributed by atoms with E-state index in [0.29, 0.717) is 19.3 Å². The quantitative estimate of drug-likeness (QED) is 0.209. The fraction of sp³-hybridized carbons (Fsp3) is 0.947. The lowest BCUT2D eigenvalue weighted by Crippen LogP contribution is -2.45. The average molecular weight is 469 g/mol. The van der Waals surface area contributed by atoms with Crippen molar-refractivity contribution in [2.24, 2.45) is 16.8 Å². The van der Waals surface area contributed by atoms with Gasteiger partial charge in [0.15, 0.2) is 5.96 Å². The predicted molar refractivity (Wildman–Crippen MR) is 117 cm³/mol. The summed E-state index contributed by atoms with van der Waals surface area (Å²) in [5, 5.41) is 7.00. The van der Waals surface area contributed by atoms with Crippen LogP contribution < -0.4 is 10.6 Å². The molecular weight excluding hydrogens is 429 g/mol. The summed E-state index contributed by atoms with van der Waals surface area (Å²) in [5.41, 5.74) is 0. The number of guanidine groups is 1. The van der Waals surface area contributed by atoms with Gasteiger partial charge in [-0.3, -0.25) is 4.99 Å². The molecule has 1 rings (SSSR count). The predicted octanol–water partition coefficient (Wildman–Crippen LogP) is 3.82. The minimum absolute atomic E-state index is 0. The van der Waals surface area contributed by atoms with E-state index in [1.54, 1.807) is 7.11 Å². The maximum Gasteiger partial charge on any atom is 0.191 e. The summed E-state index contributed by atoms with van der Waals surface area (Å²) < 4.78 is 10.4. The molecule has 1 aliphatic rings. The van der Waals surface area contributed by atoms with Gasteiger partial charge in [-0.1, -0.05) is 13.8 Å². The molecule has 0 amide bonds. The lowest BCUT2D eigenvalue weighted by atomic mass is 9.80. The van der Waals surface area contributed by atoms with Crippen LogP contribution in [0.25, 0.3) is 0 Å². The number of nitrogens with zero attached hydrogens (tertiary/aromatic N) is 1. The zero-order chi connectivity index (χ0) is 17.6. The molecule has 0 unspecified atom stereocenters. The molecule has 5 nitrogen and oxygen atoms in total. The first-order valence-corrected chi connectivity index (χ1v) is 9.78. The first-order chi connectivity index (χ1) is 11.7. The summed E-state index contributed by atoms with van der Waals surface area (Å²) in [7, 11) is 1.70. The number of hydrogen-bond donors (Lipinski definition) is 2. The largest absolute Gasteiger partial charge is 0.382 e. The van der Waals surface area contributed by atoms with Crippen molar-refractivity contribution >= 4 is 29.9 Å². The van der Waals surface area contributed by atoms with E-state index in [9.17, 15) is 0 Å². The molecule has 6 heteroatoms. The minimum atomic E-state index is 0. The van der Waals surface area contributed by atoms with Gasteiger partial charge in [-0.05, 0) is 57.3 Å². The second kappa shape index (κ2) is 16.1. The van der Waals surface area contributed by atoms with E-state index >= 15 is 0 Å². The molecule has 0 spiro atoms. The zero-order valence-corrected chi connectivity index (χ0v) is 19.0. The topological polar surface area (TPSA) is 54.9 Å². The molecule has 0 radical (unpaired) electrons. The van der Waals surface area contributed by atoms with Crippen molar-refractivity contribution in [1.29, 1.82) is 0 Å². The summed E-state index contributed by atoms with van der Waals surface area (Å²) >= 11 is 0. The van der Waals surface area contributed by atoms with Gasteiger partial charge in [0.25, 0.3) is 0 Å². The Morgan fingerprint density at radius 2 is 1.80 bits per heavy atom. The molecule has 1 aliphatic carbocycles. The van der Waals surface area contributed by atoms with Gasteiger partial charge in [0.1, 0.15) is 0 Å². The van der Waals surface area contributed by atoms with E-state index in [0.717, 1.165) is 50.3 Å². The summed E-state index contributed by atoms with van der Waals surface area (Å²) in [6.45, 7) is 10.7. The van der Waals surface area contributed by atoms with E-state index in [1.807, 2.05) is 0 Å². The first-order valence-electron chi connectivity index (χ1n) is 9.78. The van der Waals surface area contributed by atoms with Crippen molar-refractivity contribution in [3.8, 4) is 0 Å². The van der Waals surface area contributed by atoms with Crippen LogP contribution in [0.2, 0.25) is 0 Å². The van der Waals surface area contributed by atoms with Crippen molar-refractivity contribution in [2.75, 3.05) is 40.0 Å². The van der Waals surface area contributed by atoms with E-state index in [4.69, 9.17) is 14.5 Å². The van der Waals surface area contributed by atoms with E-state index in [2.05, 4.69) is 31.4 Å². The molecule has 0 aromatic heterocycles.